The summed E-state index contributed by atoms with van der Waals surface area (Å²) < 4.78 is 1.88. The van der Waals surface area contributed by atoms with Gasteiger partial charge in [0.05, 0.1) is 11.8 Å². The zero-order valence-corrected chi connectivity index (χ0v) is 17.2. The molecule has 0 saturated heterocycles. The fraction of sp³-hybridized carbons (Fsp3) is 0.636. The first kappa shape index (κ1) is 20.6. The summed E-state index contributed by atoms with van der Waals surface area (Å²) in [6.45, 7) is 1.68. The number of aliphatic carboxylic acids is 1. The largest absolute Gasteiger partial charge is 0.481 e. The van der Waals surface area contributed by atoms with Crippen LogP contribution in [0.25, 0.3) is 0 Å². The van der Waals surface area contributed by atoms with Crippen LogP contribution in [-0.4, -0.2) is 45.3 Å². The Morgan fingerprint density at radius 1 is 1.20 bits per heavy atom. The number of carboxylic acids is 1. The zero-order chi connectivity index (χ0) is 21.4. The molecule has 0 aromatic carbocycles. The molecular formula is C22H29N3O5. The van der Waals surface area contributed by atoms with Crippen molar-refractivity contribution in [3.63, 3.8) is 0 Å². The van der Waals surface area contributed by atoms with E-state index in [4.69, 9.17) is 0 Å². The molecule has 1 fully saturated rings. The second-order valence-electron chi connectivity index (χ2n) is 8.94. The highest BCUT2D eigenvalue weighted by Crippen LogP contribution is 2.38. The van der Waals surface area contributed by atoms with Gasteiger partial charge >= 0.3 is 5.97 Å². The number of nitrogens with zero attached hydrogens (tertiary/aromatic N) is 1. The number of carbonyl (C=O) groups is 4. The molecule has 0 spiro atoms. The van der Waals surface area contributed by atoms with Crippen LogP contribution in [0, 0.1) is 11.8 Å². The highest BCUT2D eigenvalue weighted by atomic mass is 16.4. The van der Waals surface area contributed by atoms with Crippen LogP contribution in [0.4, 0.5) is 0 Å². The average molecular weight is 415 g/mol. The van der Waals surface area contributed by atoms with E-state index < -0.39 is 29.9 Å². The minimum absolute atomic E-state index is 0.0365. The molecule has 2 aliphatic carbocycles. The molecule has 1 saturated carbocycles. The molecule has 1 aromatic heterocycles. The molecule has 4 atom stereocenters. The van der Waals surface area contributed by atoms with Crippen molar-refractivity contribution >= 4 is 23.6 Å². The summed E-state index contributed by atoms with van der Waals surface area (Å²) in [4.78, 5) is 49.6. The molecule has 162 valence electrons. The second-order valence-corrected chi connectivity index (χ2v) is 8.94. The van der Waals surface area contributed by atoms with Gasteiger partial charge in [0.15, 0.2) is 0 Å². The Hall–Kier alpha value is -2.64. The lowest BCUT2D eigenvalue weighted by atomic mass is 9.79. The molecule has 8 nitrogen and oxygen atoms in total. The molecule has 30 heavy (non-hydrogen) atoms. The van der Waals surface area contributed by atoms with Gasteiger partial charge in [-0.2, -0.15) is 0 Å². The van der Waals surface area contributed by atoms with E-state index in [0.29, 0.717) is 6.42 Å². The van der Waals surface area contributed by atoms with E-state index in [9.17, 15) is 24.3 Å². The fourth-order valence-corrected chi connectivity index (χ4v) is 5.50. The number of hydrogen-bond donors (Lipinski definition) is 3. The van der Waals surface area contributed by atoms with Gasteiger partial charge in [-0.3, -0.25) is 19.2 Å². The SMILES string of the molecule is CC(=O)NC(C(=O)N[C@H]1CCc2ccn3c2C1C(=O)C[C@H](C(=O)O)C3)C1CCCC1. The number of rotatable bonds is 5. The average Bonchev–Trinajstić information content (AvgIpc) is 3.32. The Bertz CT molecular complexity index is 870. The number of ketones is 1. The summed E-state index contributed by atoms with van der Waals surface area (Å²) in [5, 5.41) is 15.4. The second kappa shape index (κ2) is 8.24. The lowest BCUT2D eigenvalue weighted by Crippen LogP contribution is -2.54. The third-order valence-corrected chi connectivity index (χ3v) is 6.92. The van der Waals surface area contributed by atoms with Crippen LogP contribution in [0.2, 0.25) is 0 Å². The first-order valence-corrected chi connectivity index (χ1v) is 10.9. The van der Waals surface area contributed by atoms with Crippen LogP contribution < -0.4 is 10.6 Å². The standard InChI is InChI=1S/C22H29N3O5/c1-12(26)23-19(13-4-2-3-5-13)21(28)24-16-7-6-14-8-9-25-11-15(22(29)30)10-17(27)18(16)20(14)25/h8-9,13,15-16,18-19H,2-7,10-11H2,1H3,(H,23,26)(H,24,28)(H,29,30)/t15-,16-,18?,19?/m0/s1. The number of Topliss-reactive ketones (excluding diaryl/α,β-unsaturated/α-hetero) is 1. The molecule has 4 rings (SSSR count). The molecule has 1 aliphatic heterocycles. The van der Waals surface area contributed by atoms with Gasteiger partial charge in [0, 0.05) is 37.8 Å². The highest BCUT2D eigenvalue weighted by Gasteiger charge is 2.43. The maximum Gasteiger partial charge on any atom is 0.308 e. The van der Waals surface area contributed by atoms with Gasteiger partial charge in [0.25, 0.3) is 0 Å². The summed E-state index contributed by atoms with van der Waals surface area (Å²) >= 11 is 0. The number of amides is 2. The summed E-state index contributed by atoms with van der Waals surface area (Å²) in [6, 6.07) is 0.971. The van der Waals surface area contributed by atoms with Crippen molar-refractivity contribution in [2.75, 3.05) is 0 Å². The predicted octanol–water partition coefficient (Wildman–Crippen LogP) is 1.37. The van der Waals surface area contributed by atoms with E-state index in [1.54, 1.807) is 0 Å². The Morgan fingerprint density at radius 2 is 1.93 bits per heavy atom. The molecule has 0 radical (unpaired) electrons. The molecular weight excluding hydrogens is 386 g/mol. The Kier molecular flexibility index (Phi) is 5.66. The number of carboxylic acid groups (broad SMARTS) is 1. The third-order valence-electron chi connectivity index (χ3n) is 6.92. The van der Waals surface area contributed by atoms with Crippen LogP contribution in [0.15, 0.2) is 12.3 Å². The smallest absolute Gasteiger partial charge is 0.308 e. The van der Waals surface area contributed by atoms with E-state index in [-0.39, 0.29) is 36.5 Å². The topological polar surface area (TPSA) is 118 Å². The molecule has 1 aromatic rings. The number of aromatic nitrogens is 1. The van der Waals surface area contributed by atoms with Crippen LogP contribution in [-0.2, 0) is 32.1 Å². The summed E-state index contributed by atoms with van der Waals surface area (Å²) in [7, 11) is 0. The maximum atomic E-state index is 13.2. The minimum atomic E-state index is -0.975. The molecule has 2 unspecified atom stereocenters. The van der Waals surface area contributed by atoms with Crippen molar-refractivity contribution in [2.45, 2.75) is 76.4 Å². The van der Waals surface area contributed by atoms with Crippen molar-refractivity contribution in [2.24, 2.45) is 11.8 Å². The van der Waals surface area contributed by atoms with Crippen molar-refractivity contribution in [1.29, 1.82) is 0 Å². The maximum absolute atomic E-state index is 13.2. The van der Waals surface area contributed by atoms with Gasteiger partial charge in [-0.25, -0.2) is 0 Å². The summed E-state index contributed by atoms with van der Waals surface area (Å²) in [5.41, 5.74) is 1.90. The van der Waals surface area contributed by atoms with E-state index in [1.165, 1.54) is 6.92 Å². The Morgan fingerprint density at radius 3 is 2.60 bits per heavy atom. The van der Waals surface area contributed by atoms with Crippen LogP contribution in [0.1, 0.15) is 62.6 Å². The van der Waals surface area contributed by atoms with Gasteiger partial charge < -0.3 is 20.3 Å². The van der Waals surface area contributed by atoms with Crippen molar-refractivity contribution < 1.29 is 24.3 Å². The molecule has 2 heterocycles. The van der Waals surface area contributed by atoms with Crippen LogP contribution in [0.3, 0.4) is 0 Å². The van der Waals surface area contributed by atoms with Gasteiger partial charge in [-0.15, -0.1) is 0 Å². The summed E-state index contributed by atoms with van der Waals surface area (Å²) in [6.07, 6.45) is 7.06. The Labute approximate surface area is 175 Å². The summed E-state index contributed by atoms with van der Waals surface area (Å²) in [5.74, 6) is -2.79. The minimum Gasteiger partial charge on any atom is -0.481 e. The molecule has 8 heteroatoms. The number of carbonyl (C=O) groups excluding carboxylic acids is 3. The zero-order valence-electron chi connectivity index (χ0n) is 17.2. The normalized spacial score (nSPS) is 27.1. The highest BCUT2D eigenvalue weighted by molar-refractivity contribution is 5.92. The van der Waals surface area contributed by atoms with Gasteiger partial charge in [0.1, 0.15) is 11.8 Å². The number of aryl methyl sites for hydroxylation is 1. The monoisotopic (exact) mass is 415 g/mol. The van der Waals surface area contributed by atoms with E-state index in [1.807, 2.05) is 16.8 Å². The molecule has 2 amide bonds. The van der Waals surface area contributed by atoms with E-state index >= 15 is 0 Å². The first-order chi connectivity index (χ1) is 14.3. The van der Waals surface area contributed by atoms with Crippen molar-refractivity contribution in [1.82, 2.24) is 15.2 Å². The van der Waals surface area contributed by atoms with Gasteiger partial charge in [-0.1, -0.05) is 12.8 Å². The number of nitrogens with one attached hydrogen (secondary N) is 2. The fourth-order valence-electron chi connectivity index (χ4n) is 5.50. The van der Waals surface area contributed by atoms with Gasteiger partial charge in [0.2, 0.25) is 11.8 Å². The lowest BCUT2D eigenvalue weighted by Gasteiger charge is -2.34. The van der Waals surface area contributed by atoms with E-state index in [2.05, 4.69) is 10.6 Å². The van der Waals surface area contributed by atoms with E-state index in [0.717, 1.165) is 43.4 Å². The third kappa shape index (κ3) is 3.87. The predicted molar refractivity (Wildman–Crippen MR) is 108 cm³/mol. The van der Waals surface area contributed by atoms with Crippen LogP contribution in [0.5, 0.6) is 0 Å². The quantitative estimate of drug-likeness (QED) is 0.671. The molecule has 0 bridgehead atoms. The first-order valence-electron chi connectivity index (χ1n) is 10.9. The molecule has 3 N–H and O–H groups in total. The van der Waals surface area contributed by atoms with Crippen LogP contribution >= 0.6 is 0 Å². The van der Waals surface area contributed by atoms with Crippen molar-refractivity contribution in [3.8, 4) is 0 Å². The van der Waals surface area contributed by atoms with Gasteiger partial charge in [-0.05, 0) is 43.2 Å². The lowest BCUT2D eigenvalue weighted by molar-refractivity contribution is -0.144. The molecule has 3 aliphatic rings. The van der Waals surface area contributed by atoms with Crippen molar-refractivity contribution in [3.05, 3.63) is 23.5 Å². The number of hydrogen-bond acceptors (Lipinski definition) is 4. The Balaban J connectivity index is 1.58.